The average Bonchev–Trinajstić information content (AvgIpc) is 2.50. The van der Waals surface area contributed by atoms with Crippen LogP contribution in [0.25, 0.3) is 6.08 Å². The van der Waals surface area contributed by atoms with Gasteiger partial charge in [-0.2, -0.15) is 0 Å². The Labute approximate surface area is 134 Å². The number of hydrogen-bond donors (Lipinski definition) is 1. The number of halogens is 1. The fourth-order valence-electron chi connectivity index (χ4n) is 2.15. The summed E-state index contributed by atoms with van der Waals surface area (Å²) >= 11 is 3.55. The fourth-order valence-corrected chi connectivity index (χ4v) is 2.73. The molecule has 1 aliphatic rings. The van der Waals surface area contributed by atoms with Gasteiger partial charge in [0.15, 0.2) is 11.5 Å². The normalized spacial score (nSPS) is 14.3. The Morgan fingerprint density at radius 1 is 1.38 bits per heavy atom. The topological polar surface area (TPSA) is 39.7 Å². The summed E-state index contributed by atoms with van der Waals surface area (Å²) in [4.78, 5) is 0. The molecule has 0 radical (unpaired) electrons. The number of benzene rings is 1. The van der Waals surface area contributed by atoms with Crippen molar-refractivity contribution < 1.29 is 14.2 Å². The molecule has 21 heavy (non-hydrogen) atoms. The van der Waals surface area contributed by atoms with Crippen LogP contribution in [0.3, 0.4) is 0 Å². The zero-order valence-electron chi connectivity index (χ0n) is 12.6. The molecule has 0 saturated carbocycles. The molecule has 0 saturated heterocycles. The van der Waals surface area contributed by atoms with Crippen LogP contribution in [0.15, 0.2) is 22.2 Å². The number of hydrogen-bond acceptors (Lipinski definition) is 4. The number of ether oxygens (including phenoxy) is 3. The second kappa shape index (κ2) is 8.41. The molecule has 1 aromatic rings. The molecule has 0 bridgehead atoms. The van der Waals surface area contributed by atoms with Crippen LogP contribution in [0.2, 0.25) is 0 Å². The van der Waals surface area contributed by atoms with Crippen molar-refractivity contribution in [3.63, 3.8) is 0 Å². The van der Waals surface area contributed by atoms with E-state index >= 15 is 0 Å². The van der Waals surface area contributed by atoms with Gasteiger partial charge < -0.3 is 19.5 Å². The van der Waals surface area contributed by atoms with Crippen LogP contribution in [0.4, 0.5) is 0 Å². The van der Waals surface area contributed by atoms with Crippen molar-refractivity contribution in [1.29, 1.82) is 0 Å². The lowest BCUT2D eigenvalue weighted by Crippen LogP contribution is -2.21. The SMILES string of the molecule is CCC(=Cc1cc(Br)c2c(c1)OCCO2)CNCCOC. The molecule has 116 valence electrons. The van der Waals surface area contributed by atoms with Crippen LogP contribution < -0.4 is 14.8 Å². The van der Waals surface area contributed by atoms with Gasteiger partial charge >= 0.3 is 0 Å². The lowest BCUT2D eigenvalue weighted by Gasteiger charge is -2.20. The van der Waals surface area contributed by atoms with E-state index in [2.05, 4.69) is 40.3 Å². The van der Waals surface area contributed by atoms with Gasteiger partial charge in [0.1, 0.15) is 13.2 Å². The molecule has 1 aromatic carbocycles. The first-order valence-corrected chi connectivity index (χ1v) is 8.02. The Balaban J connectivity index is 2.08. The Kier molecular flexibility index (Phi) is 6.54. The molecular formula is C16H22BrNO3. The molecule has 0 aliphatic carbocycles. The van der Waals surface area contributed by atoms with Crippen LogP contribution in [0.5, 0.6) is 11.5 Å². The van der Waals surface area contributed by atoms with E-state index in [4.69, 9.17) is 14.2 Å². The van der Waals surface area contributed by atoms with E-state index in [1.165, 1.54) is 5.57 Å². The zero-order valence-corrected chi connectivity index (χ0v) is 14.2. The van der Waals surface area contributed by atoms with Gasteiger partial charge in [-0.05, 0) is 40.0 Å². The summed E-state index contributed by atoms with van der Waals surface area (Å²) in [6, 6.07) is 4.10. The highest BCUT2D eigenvalue weighted by Crippen LogP contribution is 2.39. The largest absolute Gasteiger partial charge is 0.486 e. The van der Waals surface area contributed by atoms with Crippen LogP contribution in [0, 0.1) is 0 Å². The Hall–Kier alpha value is -1.04. The molecule has 5 heteroatoms. The lowest BCUT2D eigenvalue weighted by atomic mass is 10.1. The Morgan fingerprint density at radius 3 is 2.95 bits per heavy atom. The van der Waals surface area contributed by atoms with Gasteiger partial charge in [0.25, 0.3) is 0 Å². The molecule has 0 fully saturated rings. The molecule has 1 N–H and O–H groups in total. The molecule has 0 spiro atoms. The maximum atomic E-state index is 5.66. The van der Waals surface area contributed by atoms with Gasteiger partial charge in [0.05, 0.1) is 11.1 Å². The monoisotopic (exact) mass is 355 g/mol. The van der Waals surface area contributed by atoms with Crippen LogP contribution in [0.1, 0.15) is 18.9 Å². The van der Waals surface area contributed by atoms with E-state index in [0.29, 0.717) is 13.2 Å². The molecule has 0 atom stereocenters. The lowest BCUT2D eigenvalue weighted by molar-refractivity contribution is 0.170. The van der Waals surface area contributed by atoms with E-state index in [9.17, 15) is 0 Å². The number of fused-ring (bicyclic) bond motifs is 1. The van der Waals surface area contributed by atoms with Crippen molar-refractivity contribution in [3.05, 3.63) is 27.7 Å². The quantitative estimate of drug-likeness (QED) is 0.762. The molecular weight excluding hydrogens is 334 g/mol. The van der Waals surface area contributed by atoms with E-state index in [1.54, 1.807) is 7.11 Å². The van der Waals surface area contributed by atoms with E-state index in [-0.39, 0.29) is 0 Å². The maximum absolute atomic E-state index is 5.66. The summed E-state index contributed by atoms with van der Waals surface area (Å²) in [5.74, 6) is 1.61. The minimum absolute atomic E-state index is 0.602. The first-order valence-electron chi connectivity index (χ1n) is 7.22. The van der Waals surface area contributed by atoms with Crippen molar-refractivity contribution >= 4 is 22.0 Å². The highest BCUT2D eigenvalue weighted by Gasteiger charge is 2.15. The van der Waals surface area contributed by atoms with Crippen molar-refractivity contribution in [1.82, 2.24) is 5.32 Å². The third kappa shape index (κ3) is 4.73. The fraction of sp³-hybridized carbons (Fsp3) is 0.500. The van der Waals surface area contributed by atoms with Gasteiger partial charge in [0, 0.05) is 20.2 Å². The summed E-state index contributed by atoms with van der Waals surface area (Å²) < 4.78 is 17.2. The summed E-state index contributed by atoms with van der Waals surface area (Å²) in [5.41, 5.74) is 2.46. The van der Waals surface area contributed by atoms with Gasteiger partial charge in [-0.1, -0.05) is 18.6 Å². The number of methoxy groups -OCH3 is 1. The zero-order chi connectivity index (χ0) is 15.1. The van der Waals surface area contributed by atoms with Crippen molar-refractivity contribution in [2.24, 2.45) is 0 Å². The molecule has 0 unspecified atom stereocenters. The third-order valence-electron chi connectivity index (χ3n) is 3.28. The van der Waals surface area contributed by atoms with Crippen molar-refractivity contribution in [2.75, 3.05) is 40.0 Å². The summed E-state index contributed by atoms with van der Waals surface area (Å²) in [7, 11) is 1.71. The van der Waals surface area contributed by atoms with Crippen molar-refractivity contribution in [2.45, 2.75) is 13.3 Å². The van der Waals surface area contributed by atoms with Crippen molar-refractivity contribution in [3.8, 4) is 11.5 Å². The Bertz CT molecular complexity index is 503. The van der Waals surface area contributed by atoms with E-state index in [0.717, 1.165) is 47.7 Å². The van der Waals surface area contributed by atoms with Gasteiger partial charge in [-0.15, -0.1) is 0 Å². The number of nitrogens with one attached hydrogen (secondary N) is 1. The molecule has 4 nitrogen and oxygen atoms in total. The minimum atomic E-state index is 0.602. The Morgan fingerprint density at radius 2 is 2.19 bits per heavy atom. The molecule has 2 rings (SSSR count). The van der Waals surface area contributed by atoms with Crippen LogP contribution >= 0.6 is 15.9 Å². The second-order valence-electron chi connectivity index (χ2n) is 4.85. The molecule has 1 heterocycles. The summed E-state index contributed by atoms with van der Waals surface area (Å²) in [6.45, 7) is 5.82. The molecule has 0 amide bonds. The molecule has 1 aliphatic heterocycles. The predicted molar refractivity (Wildman–Crippen MR) is 88.1 cm³/mol. The van der Waals surface area contributed by atoms with Gasteiger partial charge in [-0.25, -0.2) is 0 Å². The van der Waals surface area contributed by atoms with Gasteiger partial charge in [-0.3, -0.25) is 0 Å². The first-order chi connectivity index (χ1) is 10.2. The molecule has 0 aromatic heterocycles. The standard InChI is InChI=1S/C16H22BrNO3/c1-3-12(11-18-4-5-19-2)8-13-9-14(17)16-15(10-13)20-6-7-21-16/h8-10,18H,3-7,11H2,1-2H3. The third-order valence-corrected chi connectivity index (χ3v) is 3.87. The minimum Gasteiger partial charge on any atom is -0.486 e. The first kappa shape index (κ1) is 16.3. The predicted octanol–water partition coefficient (Wildman–Crippen LogP) is 3.25. The van der Waals surface area contributed by atoms with E-state index < -0.39 is 0 Å². The van der Waals surface area contributed by atoms with E-state index in [1.807, 2.05) is 6.07 Å². The highest BCUT2D eigenvalue weighted by molar-refractivity contribution is 9.10. The van der Waals surface area contributed by atoms with Crippen LogP contribution in [-0.4, -0.2) is 40.0 Å². The highest BCUT2D eigenvalue weighted by atomic mass is 79.9. The van der Waals surface area contributed by atoms with Gasteiger partial charge in [0.2, 0.25) is 0 Å². The summed E-state index contributed by atoms with van der Waals surface area (Å²) in [6.07, 6.45) is 3.20. The number of rotatable bonds is 7. The maximum Gasteiger partial charge on any atom is 0.175 e. The van der Waals surface area contributed by atoms with Crippen LogP contribution in [-0.2, 0) is 4.74 Å². The average molecular weight is 356 g/mol. The second-order valence-corrected chi connectivity index (χ2v) is 5.71. The summed E-state index contributed by atoms with van der Waals surface area (Å²) in [5, 5.41) is 3.37. The smallest absolute Gasteiger partial charge is 0.175 e.